The summed E-state index contributed by atoms with van der Waals surface area (Å²) in [5, 5.41) is 14.0. The van der Waals surface area contributed by atoms with Gasteiger partial charge in [-0.3, -0.25) is 9.48 Å². The van der Waals surface area contributed by atoms with Crippen molar-refractivity contribution in [3.05, 3.63) is 12.4 Å². The molecule has 6 heteroatoms. The fourth-order valence-electron chi connectivity index (χ4n) is 2.43. The standard InChI is InChI=1S/C12H21N5O/c1-2-12(5-3-7-14-12)11(18)13-6-4-9-17-10-8-15-16-17/h8,10,14H,2-7,9H2,1H3,(H,13,18). The largest absolute Gasteiger partial charge is 0.354 e. The molecular weight excluding hydrogens is 230 g/mol. The van der Waals surface area contributed by atoms with E-state index in [-0.39, 0.29) is 11.4 Å². The van der Waals surface area contributed by atoms with Crippen molar-refractivity contribution < 1.29 is 4.79 Å². The minimum atomic E-state index is -0.326. The van der Waals surface area contributed by atoms with Crippen LogP contribution in [0.5, 0.6) is 0 Å². The lowest BCUT2D eigenvalue weighted by Crippen LogP contribution is -2.53. The Kier molecular flexibility index (Phi) is 4.30. The lowest BCUT2D eigenvalue weighted by atomic mass is 9.93. The van der Waals surface area contributed by atoms with Gasteiger partial charge >= 0.3 is 0 Å². The zero-order valence-electron chi connectivity index (χ0n) is 10.9. The fourth-order valence-corrected chi connectivity index (χ4v) is 2.43. The molecule has 1 aliphatic rings. The zero-order chi connectivity index (χ0) is 12.8. The molecule has 2 rings (SSSR count). The molecule has 100 valence electrons. The van der Waals surface area contributed by atoms with Crippen LogP contribution in [-0.4, -0.2) is 39.5 Å². The van der Waals surface area contributed by atoms with Crippen molar-refractivity contribution in [2.75, 3.05) is 13.1 Å². The summed E-state index contributed by atoms with van der Waals surface area (Å²) in [6.07, 6.45) is 7.23. The number of aromatic nitrogens is 3. The Morgan fingerprint density at radius 2 is 2.50 bits per heavy atom. The third-order valence-corrected chi connectivity index (χ3v) is 3.60. The van der Waals surface area contributed by atoms with Crippen molar-refractivity contribution in [1.29, 1.82) is 0 Å². The minimum absolute atomic E-state index is 0.140. The Morgan fingerprint density at radius 3 is 3.11 bits per heavy atom. The van der Waals surface area contributed by atoms with Gasteiger partial charge in [-0.1, -0.05) is 12.1 Å². The van der Waals surface area contributed by atoms with Gasteiger partial charge in [-0.2, -0.15) is 0 Å². The molecule has 6 nitrogen and oxygen atoms in total. The molecule has 1 aromatic rings. The Balaban J connectivity index is 1.71. The van der Waals surface area contributed by atoms with Crippen molar-refractivity contribution >= 4 is 5.91 Å². The van der Waals surface area contributed by atoms with E-state index in [9.17, 15) is 4.79 Å². The van der Waals surface area contributed by atoms with E-state index in [1.807, 2.05) is 6.20 Å². The summed E-state index contributed by atoms with van der Waals surface area (Å²) in [7, 11) is 0. The van der Waals surface area contributed by atoms with E-state index in [1.54, 1.807) is 10.9 Å². The monoisotopic (exact) mass is 251 g/mol. The SMILES string of the molecule is CCC1(C(=O)NCCCn2ccnn2)CCCN1. The number of hydrogen-bond donors (Lipinski definition) is 2. The zero-order valence-corrected chi connectivity index (χ0v) is 10.9. The predicted molar refractivity (Wildman–Crippen MR) is 67.9 cm³/mol. The Hall–Kier alpha value is -1.43. The van der Waals surface area contributed by atoms with Gasteiger partial charge in [0.15, 0.2) is 0 Å². The molecule has 2 N–H and O–H groups in total. The van der Waals surface area contributed by atoms with Gasteiger partial charge in [-0.05, 0) is 32.2 Å². The smallest absolute Gasteiger partial charge is 0.240 e. The molecule has 0 bridgehead atoms. The average molecular weight is 251 g/mol. The van der Waals surface area contributed by atoms with E-state index in [4.69, 9.17) is 0 Å². The molecule has 18 heavy (non-hydrogen) atoms. The molecule has 0 aromatic carbocycles. The first-order valence-electron chi connectivity index (χ1n) is 6.64. The van der Waals surface area contributed by atoms with Crippen LogP contribution in [0.3, 0.4) is 0 Å². The Morgan fingerprint density at radius 1 is 1.61 bits per heavy atom. The lowest BCUT2D eigenvalue weighted by molar-refractivity contribution is -0.127. The van der Waals surface area contributed by atoms with Crippen LogP contribution in [0, 0.1) is 0 Å². The maximum Gasteiger partial charge on any atom is 0.240 e. The van der Waals surface area contributed by atoms with Crippen LogP contribution in [-0.2, 0) is 11.3 Å². The number of hydrogen-bond acceptors (Lipinski definition) is 4. The highest BCUT2D eigenvalue weighted by atomic mass is 16.2. The van der Waals surface area contributed by atoms with Gasteiger partial charge < -0.3 is 10.6 Å². The second-order valence-corrected chi connectivity index (χ2v) is 4.74. The number of nitrogens with one attached hydrogen (secondary N) is 2. The quantitative estimate of drug-likeness (QED) is 0.714. The highest BCUT2D eigenvalue weighted by Gasteiger charge is 2.38. The maximum atomic E-state index is 12.2. The topological polar surface area (TPSA) is 71.8 Å². The van der Waals surface area contributed by atoms with Crippen molar-refractivity contribution in [1.82, 2.24) is 25.6 Å². The van der Waals surface area contributed by atoms with Crippen LogP contribution in [0.1, 0.15) is 32.6 Å². The number of carbonyl (C=O) groups is 1. The number of rotatable bonds is 6. The van der Waals surface area contributed by atoms with Crippen LogP contribution >= 0.6 is 0 Å². The summed E-state index contributed by atoms with van der Waals surface area (Å²) >= 11 is 0. The first-order valence-corrected chi connectivity index (χ1v) is 6.64. The Bertz CT molecular complexity index is 370. The summed E-state index contributed by atoms with van der Waals surface area (Å²) in [5.74, 6) is 0.140. The van der Waals surface area contributed by atoms with E-state index in [0.29, 0.717) is 6.54 Å². The van der Waals surface area contributed by atoms with Crippen LogP contribution in [0.4, 0.5) is 0 Å². The van der Waals surface area contributed by atoms with E-state index in [1.165, 1.54) is 0 Å². The van der Waals surface area contributed by atoms with Gasteiger partial charge in [0, 0.05) is 19.3 Å². The summed E-state index contributed by atoms with van der Waals surface area (Å²) < 4.78 is 1.77. The van der Waals surface area contributed by atoms with Gasteiger partial charge in [0.05, 0.1) is 11.7 Å². The first-order chi connectivity index (χ1) is 8.77. The first kappa shape index (κ1) is 13.0. The van der Waals surface area contributed by atoms with E-state index >= 15 is 0 Å². The molecule has 0 radical (unpaired) electrons. The highest BCUT2D eigenvalue weighted by molar-refractivity contribution is 5.86. The third-order valence-electron chi connectivity index (χ3n) is 3.60. The molecule has 1 aromatic heterocycles. The maximum absolute atomic E-state index is 12.2. The third kappa shape index (κ3) is 2.87. The summed E-state index contributed by atoms with van der Waals surface area (Å²) in [4.78, 5) is 12.2. The van der Waals surface area contributed by atoms with Crippen LogP contribution in [0.2, 0.25) is 0 Å². The average Bonchev–Trinajstić information content (AvgIpc) is 3.05. The predicted octanol–water partition coefficient (Wildman–Crippen LogP) is 0.317. The molecule has 0 spiro atoms. The normalized spacial score (nSPS) is 23.2. The van der Waals surface area contributed by atoms with Gasteiger partial charge in [0.2, 0.25) is 5.91 Å². The summed E-state index contributed by atoms with van der Waals surface area (Å²) in [6.45, 7) is 4.47. The van der Waals surface area contributed by atoms with Gasteiger partial charge in [0.1, 0.15) is 0 Å². The summed E-state index contributed by atoms with van der Waals surface area (Å²) in [6, 6.07) is 0. The minimum Gasteiger partial charge on any atom is -0.354 e. The molecule has 1 aliphatic heterocycles. The molecule has 1 fully saturated rings. The van der Waals surface area contributed by atoms with Gasteiger partial charge in [-0.25, -0.2) is 0 Å². The summed E-state index contributed by atoms with van der Waals surface area (Å²) in [5.41, 5.74) is -0.326. The fraction of sp³-hybridized carbons (Fsp3) is 0.750. The van der Waals surface area contributed by atoms with Crippen molar-refractivity contribution in [2.24, 2.45) is 0 Å². The second kappa shape index (κ2) is 5.95. The van der Waals surface area contributed by atoms with E-state index < -0.39 is 0 Å². The number of amides is 1. The number of aryl methyl sites for hydroxylation is 1. The molecule has 1 unspecified atom stereocenters. The number of carbonyl (C=O) groups excluding carboxylic acids is 1. The molecule has 1 atom stereocenters. The lowest BCUT2D eigenvalue weighted by Gasteiger charge is -2.26. The highest BCUT2D eigenvalue weighted by Crippen LogP contribution is 2.22. The van der Waals surface area contributed by atoms with E-state index in [2.05, 4.69) is 27.9 Å². The van der Waals surface area contributed by atoms with Crippen molar-refractivity contribution in [3.8, 4) is 0 Å². The van der Waals surface area contributed by atoms with Crippen LogP contribution < -0.4 is 10.6 Å². The molecular formula is C12H21N5O. The van der Waals surface area contributed by atoms with Crippen molar-refractivity contribution in [3.63, 3.8) is 0 Å². The van der Waals surface area contributed by atoms with Gasteiger partial charge in [0.25, 0.3) is 0 Å². The Labute approximate surface area is 107 Å². The van der Waals surface area contributed by atoms with E-state index in [0.717, 1.165) is 38.8 Å². The van der Waals surface area contributed by atoms with Crippen molar-refractivity contribution in [2.45, 2.75) is 44.7 Å². The molecule has 0 aliphatic carbocycles. The molecule has 0 saturated carbocycles. The van der Waals surface area contributed by atoms with Crippen LogP contribution in [0.15, 0.2) is 12.4 Å². The molecule has 1 saturated heterocycles. The second-order valence-electron chi connectivity index (χ2n) is 4.74. The number of nitrogens with zero attached hydrogens (tertiary/aromatic N) is 3. The molecule has 1 amide bonds. The van der Waals surface area contributed by atoms with Crippen LogP contribution in [0.25, 0.3) is 0 Å². The van der Waals surface area contributed by atoms with Gasteiger partial charge in [-0.15, -0.1) is 5.10 Å². The molecule has 2 heterocycles.